The molecular formula is C12H18O. The van der Waals surface area contributed by atoms with E-state index in [1.807, 2.05) is 0 Å². The Morgan fingerprint density at radius 3 is 2.85 bits per heavy atom. The maximum absolute atomic E-state index is 11.9. The van der Waals surface area contributed by atoms with Gasteiger partial charge in [-0.3, -0.25) is 4.79 Å². The average Bonchev–Trinajstić information content (AvgIpc) is 2.12. The highest BCUT2D eigenvalue weighted by Gasteiger charge is 2.39. The number of fused-ring (bicyclic) bond motifs is 1. The van der Waals surface area contributed by atoms with Crippen molar-refractivity contribution in [3.8, 4) is 0 Å². The van der Waals surface area contributed by atoms with E-state index in [1.54, 1.807) is 0 Å². The van der Waals surface area contributed by atoms with Gasteiger partial charge < -0.3 is 0 Å². The zero-order valence-corrected chi connectivity index (χ0v) is 8.49. The molecule has 0 N–H and O–H groups in total. The number of Topliss-reactive ketones (excluding diaryl/α,β-unsaturated/α-hetero) is 1. The van der Waals surface area contributed by atoms with Crippen LogP contribution in [-0.4, -0.2) is 5.78 Å². The largest absolute Gasteiger partial charge is 0.299 e. The second kappa shape index (κ2) is 3.28. The zero-order valence-electron chi connectivity index (χ0n) is 8.49. The molecule has 1 fully saturated rings. The third kappa shape index (κ3) is 1.45. The molecule has 4 atom stereocenters. The van der Waals surface area contributed by atoms with Gasteiger partial charge in [-0.2, -0.15) is 0 Å². The van der Waals surface area contributed by atoms with Crippen molar-refractivity contribution >= 4 is 5.78 Å². The summed E-state index contributed by atoms with van der Waals surface area (Å²) in [6.07, 6.45) is 7.98. The smallest absolute Gasteiger partial charge is 0.139 e. The van der Waals surface area contributed by atoms with Crippen LogP contribution in [0, 0.1) is 23.7 Å². The standard InChI is InChI=1S/C12H18O/c1-8-4-3-5-10-7-6-9(2)12(13)11(8)10/h3-4,8-11H,5-7H2,1-2H3/t8-,9-,10-,11+/m1/s1. The summed E-state index contributed by atoms with van der Waals surface area (Å²) in [5, 5.41) is 0. The molecule has 1 heteroatoms. The molecule has 0 heterocycles. The van der Waals surface area contributed by atoms with Crippen LogP contribution in [0.25, 0.3) is 0 Å². The molecule has 2 rings (SSSR count). The van der Waals surface area contributed by atoms with Crippen LogP contribution < -0.4 is 0 Å². The minimum atomic E-state index is 0.315. The lowest BCUT2D eigenvalue weighted by molar-refractivity contribution is -0.132. The fourth-order valence-corrected chi connectivity index (χ4v) is 2.89. The Kier molecular flexibility index (Phi) is 2.27. The molecule has 0 amide bonds. The van der Waals surface area contributed by atoms with Crippen molar-refractivity contribution in [2.24, 2.45) is 23.7 Å². The zero-order chi connectivity index (χ0) is 9.42. The van der Waals surface area contributed by atoms with E-state index in [1.165, 1.54) is 6.42 Å². The van der Waals surface area contributed by atoms with Crippen molar-refractivity contribution < 1.29 is 4.79 Å². The molecule has 0 bridgehead atoms. The normalized spacial score (nSPS) is 44.6. The average molecular weight is 178 g/mol. The summed E-state index contributed by atoms with van der Waals surface area (Å²) in [6, 6.07) is 0. The van der Waals surface area contributed by atoms with Crippen molar-refractivity contribution in [1.82, 2.24) is 0 Å². The molecule has 13 heavy (non-hydrogen) atoms. The maximum atomic E-state index is 11.9. The number of ketones is 1. The first kappa shape index (κ1) is 8.98. The molecule has 72 valence electrons. The molecule has 0 aromatic heterocycles. The van der Waals surface area contributed by atoms with Crippen molar-refractivity contribution in [3.63, 3.8) is 0 Å². The van der Waals surface area contributed by atoms with E-state index in [-0.39, 0.29) is 0 Å². The lowest BCUT2D eigenvalue weighted by atomic mass is 9.65. The minimum absolute atomic E-state index is 0.315. The fraction of sp³-hybridized carbons (Fsp3) is 0.750. The van der Waals surface area contributed by atoms with Crippen molar-refractivity contribution in [1.29, 1.82) is 0 Å². The summed E-state index contributed by atoms with van der Waals surface area (Å²) in [5.41, 5.74) is 0. The first-order valence-corrected chi connectivity index (χ1v) is 5.40. The molecule has 0 saturated heterocycles. The molecule has 2 aliphatic rings. The van der Waals surface area contributed by atoms with E-state index in [2.05, 4.69) is 26.0 Å². The minimum Gasteiger partial charge on any atom is -0.299 e. The summed E-state index contributed by atoms with van der Waals surface area (Å²) in [7, 11) is 0. The van der Waals surface area contributed by atoms with E-state index in [0.29, 0.717) is 29.5 Å². The summed E-state index contributed by atoms with van der Waals surface area (Å²) >= 11 is 0. The van der Waals surface area contributed by atoms with Crippen LogP contribution in [0.2, 0.25) is 0 Å². The predicted octanol–water partition coefficient (Wildman–Crippen LogP) is 2.81. The number of rotatable bonds is 0. The van der Waals surface area contributed by atoms with Gasteiger partial charge in [0.15, 0.2) is 0 Å². The van der Waals surface area contributed by atoms with Crippen LogP contribution in [0.1, 0.15) is 33.1 Å². The highest BCUT2D eigenvalue weighted by atomic mass is 16.1. The molecule has 1 saturated carbocycles. The molecule has 0 radical (unpaired) electrons. The summed E-state index contributed by atoms with van der Waals surface area (Å²) in [4.78, 5) is 11.9. The Morgan fingerprint density at radius 1 is 1.31 bits per heavy atom. The Balaban J connectivity index is 2.21. The van der Waals surface area contributed by atoms with Crippen LogP contribution in [0.15, 0.2) is 12.2 Å². The van der Waals surface area contributed by atoms with E-state index < -0.39 is 0 Å². The first-order chi connectivity index (χ1) is 6.20. The first-order valence-electron chi connectivity index (χ1n) is 5.40. The van der Waals surface area contributed by atoms with Gasteiger partial charge in [-0.15, -0.1) is 0 Å². The summed E-state index contributed by atoms with van der Waals surface area (Å²) in [5.74, 6) is 2.31. The SMILES string of the molecule is C[C@@H]1CC[C@H]2CC=C[C@@H](C)[C@@H]2C1=O. The van der Waals surface area contributed by atoms with E-state index in [4.69, 9.17) is 0 Å². The van der Waals surface area contributed by atoms with Crippen LogP contribution >= 0.6 is 0 Å². The van der Waals surface area contributed by atoms with Gasteiger partial charge in [0.25, 0.3) is 0 Å². The molecule has 0 aromatic rings. The van der Waals surface area contributed by atoms with E-state index in [9.17, 15) is 4.79 Å². The lowest BCUT2D eigenvalue weighted by Gasteiger charge is -2.38. The Hall–Kier alpha value is -0.590. The Labute approximate surface area is 80.2 Å². The highest BCUT2D eigenvalue weighted by Crippen LogP contribution is 2.40. The number of hydrogen-bond acceptors (Lipinski definition) is 1. The van der Waals surface area contributed by atoms with Gasteiger partial charge in [0, 0.05) is 11.8 Å². The monoisotopic (exact) mass is 178 g/mol. The van der Waals surface area contributed by atoms with Crippen LogP contribution in [0.5, 0.6) is 0 Å². The molecule has 2 aliphatic carbocycles. The van der Waals surface area contributed by atoms with Crippen molar-refractivity contribution in [3.05, 3.63) is 12.2 Å². The maximum Gasteiger partial charge on any atom is 0.139 e. The molecule has 0 aromatic carbocycles. The molecular weight excluding hydrogens is 160 g/mol. The second-order valence-electron chi connectivity index (χ2n) is 4.69. The third-order valence-electron chi connectivity index (χ3n) is 3.74. The second-order valence-corrected chi connectivity index (χ2v) is 4.69. The van der Waals surface area contributed by atoms with Gasteiger partial charge >= 0.3 is 0 Å². The van der Waals surface area contributed by atoms with Gasteiger partial charge in [-0.05, 0) is 31.1 Å². The van der Waals surface area contributed by atoms with Crippen molar-refractivity contribution in [2.45, 2.75) is 33.1 Å². The van der Waals surface area contributed by atoms with Crippen LogP contribution in [0.4, 0.5) is 0 Å². The van der Waals surface area contributed by atoms with Gasteiger partial charge in [0.1, 0.15) is 5.78 Å². The quantitative estimate of drug-likeness (QED) is 0.521. The molecule has 0 spiro atoms. The van der Waals surface area contributed by atoms with Gasteiger partial charge in [-0.1, -0.05) is 26.0 Å². The lowest BCUT2D eigenvalue weighted by Crippen LogP contribution is -2.38. The van der Waals surface area contributed by atoms with Crippen LogP contribution in [-0.2, 0) is 4.79 Å². The topological polar surface area (TPSA) is 17.1 Å². The Bertz CT molecular complexity index is 242. The van der Waals surface area contributed by atoms with E-state index >= 15 is 0 Å². The number of carbonyl (C=O) groups excluding carboxylic acids is 1. The highest BCUT2D eigenvalue weighted by molar-refractivity contribution is 5.84. The number of hydrogen-bond donors (Lipinski definition) is 0. The number of allylic oxidation sites excluding steroid dienone is 2. The Morgan fingerprint density at radius 2 is 2.08 bits per heavy atom. The molecule has 1 nitrogen and oxygen atoms in total. The van der Waals surface area contributed by atoms with Gasteiger partial charge in [0.05, 0.1) is 0 Å². The third-order valence-corrected chi connectivity index (χ3v) is 3.74. The molecule has 0 aliphatic heterocycles. The molecule has 0 unspecified atom stereocenters. The van der Waals surface area contributed by atoms with E-state index in [0.717, 1.165) is 12.8 Å². The van der Waals surface area contributed by atoms with Gasteiger partial charge in [0.2, 0.25) is 0 Å². The predicted molar refractivity (Wildman–Crippen MR) is 53.3 cm³/mol. The summed E-state index contributed by atoms with van der Waals surface area (Å²) < 4.78 is 0. The summed E-state index contributed by atoms with van der Waals surface area (Å²) in [6.45, 7) is 4.27. The van der Waals surface area contributed by atoms with Crippen molar-refractivity contribution in [2.75, 3.05) is 0 Å². The number of carbonyl (C=O) groups is 1. The van der Waals surface area contributed by atoms with Crippen LogP contribution in [0.3, 0.4) is 0 Å². The van der Waals surface area contributed by atoms with Gasteiger partial charge in [-0.25, -0.2) is 0 Å². The fourth-order valence-electron chi connectivity index (χ4n) is 2.89.